The van der Waals surface area contributed by atoms with Crippen molar-refractivity contribution in [2.24, 2.45) is 5.92 Å². The number of carbonyl (C=O) groups excluding carboxylic acids is 1. The molecule has 23 heavy (non-hydrogen) atoms. The SMILES string of the molecule is COCCN1C[C@H](C(C)C)n2cc(C(=O)O)c(=O)c(O)c2C1=O. The monoisotopic (exact) mass is 324 g/mol. The van der Waals surface area contributed by atoms with Crippen LogP contribution in [0.3, 0.4) is 0 Å². The zero-order chi connectivity index (χ0) is 17.3. The number of methoxy groups -OCH3 is 1. The number of hydrogen-bond donors (Lipinski definition) is 2. The molecule has 2 rings (SSSR count). The Bertz CT molecular complexity index is 694. The topological polar surface area (TPSA) is 109 Å². The lowest BCUT2D eigenvalue weighted by molar-refractivity contribution is 0.0557. The number of carbonyl (C=O) groups is 2. The maximum absolute atomic E-state index is 12.5. The summed E-state index contributed by atoms with van der Waals surface area (Å²) in [4.78, 5) is 37.2. The fraction of sp³-hybridized carbons (Fsp3) is 0.533. The molecule has 2 heterocycles. The van der Waals surface area contributed by atoms with Crippen LogP contribution in [-0.4, -0.2) is 58.4 Å². The zero-order valence-electron chi connectivity index (χ0n) is 13.3. The van der Waals surface area contributed by atoms with Gasteiger partial charge in [0, 0.05) is 26.4 Å². The third-order valence-corrected chi connectivity index (χ3v) is 4.03. The highest BCUT2D eigenvalue weighted by Crippen LogP contribution is 2.30. The van der Waals surface area contributed by atoms with Crippen molar-refractivity contribution in [3.8, 4) is 5.75 Å². The molecule has 126 valence electrons. The molecule has 0 spiro atoms. The maximum Gasteiger partial charge on any atom is 0.341 e. The smallest absolute Gasteiger partial charge is 0.341 e. The van der Waals surface area contributed by atoms with Crippen molar-refractivity contribution in [1.29, 1.82) is 0 Å². The molecule has 0 aromatic carbocycles. The van der Waals surface area contributed by atoms with Crippen LogP contribution in [0, 0.1) is 5.92 Å². The number of nitrogens with zero attached hydrogens (tertiary/aromatic N) is 2. The van der Waals surface area contributed by atoms with Crippen molar-refractivity contribution in [3.63, 3.8) is 0 Å². The molecule has 1 atom stereocenters. The van der Waals surface area contributed by atoms with E-state index in [2.05, 4.69) is 0 Å². The van der Waals surface area contributed by atoms with E-state index in [9.17, 15) is 19.5 Å². The Morgan fingerprint density at radius 1 is 1.43 bits per heavy atom. The maximum atomic E-state index is 12.5. The lowest BCUT2D eigenvalue weighted by Crippen LogP contribution is -2.47. The predicted molar refractivity (Wildman–Crippen MR) is 81.0 cm³/mol. The molecule has 1 aromatic heterocycles. The summed E-state index contributed by atoms with van der Waals surface area (Å²) in [5, 5.41) is 19.2. The molecule has 0 saturated carbocycles. The first-order valence-corrected chi connectivity index (χ1v) is 7.29. The largest absolute Gasteiger partial charge is 0.503 e. The summed E-state index contributed by atoms with van der Waals surface area (Å²) in [6, 6.07) is -0.246. The number of aromatic carboxylic acids is 1. The van der Waals surface area contributed by atoms with Crippen LogP contribution in [0.15, 0.2) is 11.0 Å². The summed E-state index contributed by atoms with van der Waals surface area (Å²) in [7, 11) is 1.52. The van der Waals surface area contributed by atoms with Crippen LogP contribution >= 0.6 is 0 Å². The van der Waals surface area contributed by atoms with Crippen molar-refractivity contribution in [2.75, 3.05) is 26.8 Å². The van der Waals surface area contributed by atoms with Gasteiger partial charge in [-0.15, -0.1) is 0 Å². The normalized spacial score (nSPS) is 17.5. The molecule has 8 nitrogen and oxygen atoms in total. The van der Waals surface area contributed by atoms with Crippen molar-refractivity contribution in [2.45, 2.75) is 19.9 Å². The van der Waals surface area contributed by atoms with E-state index in [0.29, 0.717) is 19.7 Å². The Kier molecular flexibility index (Phi) is 4.74. The number of hydrogen-bond acceptors (Lipinski definition) is 5. The molecular weight excluding hydrogens is 304 g/mol. The zero-order valence-corrected chi connectivity index (χ0v) is 13.3. The van der Waals surface area contributed by atoms with Crippen molar-refractivity contribution in [3.05, 3.63) is 27.7 Å². The van der Waals surface area contributed by atoms with Crippen LogP contribution < -0.4 is 5.43 Å². The molecule has 1 aliphatic rings. The van der Waals surface area contributed by atoms with Crippen LogP contribution in [0.1, 0.15) is 40.7 Å². The summed E-state index contributed by atoms with van der Waals surface area (Å²) < 4.78 is 6.39. The van der Waals surface area contributed by atoms with Crippen molar-refractivity contribution < 1.29 is 24.5 Å². The number of amides is 1. The molecular formula is C15H20N2O6. The molecule has 2 N–H and O–H groups in total. The number of aromatic nitrogens is 1. The average Bonchev–Trinajstić information content (AvgIpc) is 2.48. The summed E-state index contributed by atoms with van der Waals surface area (Å²) in [6.45, 7) is 4.86. The van der Waals surface area contributed by atoms with Crippen LogP contribution in [0.5, 0.6) is 5.75 Å². The van der Waals surface area contributed by atoms with E-state index < -0.39 is 28.6 Å². The second-order valence-electron chi connectivity index (χ2n) is 5.84. The van der Waals surface area contributed by atoms with E-state index in [4.69, 9.17) is 9.84 Å². The van der Waals surface area contributed by atoms with Crippen LogP contribution in [0.4, 0.5) is 0 Å². The number of aromatic hydroxyl groups is 1. The first-order chi connectivity index (χ1) is 10.8. The lowest BCUT2D eigenvalue weighted by Gasteiger charge is -2.38. The molecule has 0 unspecified atom stereocenters. The van der Waals surface area contributed by atoms with E-state index in [-0.39, 0.29) is 17.7 Å². The quantitative estimate of drug-likeness (QED) is 0.819. The number of pyridine rings is 1. The van der Waals surface area contributed by atoms with Crippen molar-refractivity contribution >= 4 is 11.9 Å². The van der Waals surface area contributed by atoms with Crippen LogP contribution in [-0.2, 0) is 4.74 Å². The summed E-state index contributed by atoms with van der Waals surface area (Å²) >= 11 is 0. The minimum absolute atomic E-state index is 0.0652. The van der Waals surface area contributed by atoms with E-state index >= 15 is 0 Å². The van der Waals surface area contributed by atoms with E-state index in [1.807, 2.05) is 13.8 Å². The van der Waals surface area contributed by atoms with Crippen LogP contribution in [0.25, 0.3) is 0 Å². The van der Waals surface area contributed by atoms with Gasteiger partial charge in [-0.2, -0.15) is 0 Å². The van der Waals surface area contributed by atoms with Gasteiger partial charge in [0.15, 0.2) is 11.4 Å². The Hall–Kier alpha value is -2.35. The van der Waals surface area contributed by atoms with E-state index in [0.717, 1.165) is 6.20 Å². The van der Waals surface area contributed by atoms with Gasteiger partial charge in [0.25, 0.3) is 5.91 Å². The molecule has 1 aromatic rings. The number of carboxylic acid groups (broad SMARTS) is 1. The fourth-order valence-corrected chi connectivity index (χ4v) is 2.72. The van der Waals surface area contributed by atoms with Gasteiger partial charge in [-0.3, -0.25) is 9.59 Å². The number of rotatable bonds is 5. The number of fused-ring (bicyclic) bond motifs is 1. The molecule has 0 aliphatic carbocycles. The molecule has 8 heteroatoms. The molecule has 0 saturated heterocycles. The van der Waals surface area contributed by atoms with Gasteiger partial charge in [-0.1, -0.05) is 13.8 Å². The third-order valence-electron chi connectivity index (χ3n) is 4.03. The standard InChI is InChI=1S/C15H20N2O6/c1-8(2)10-7-16(4-5-23-3)14(20)11-13(19)12(18)9(15(21)22)6-17(10)11/h6,8,10,19H,4-5,7H2,1-3H3,(H,21,22)/t10-/m1/s1. The first-order valence-electron chi connectivity index (χ1n) is 7.29. The van der Waals surface area contributed by atoms with Gasteiger partial charge in [-0.25, -0.2) is 4.79 Å². The predicted octanol–water partition coefficient (Wildman–Crippen LogP) is 0.551. The molecule has 0 radical (unpaired) electrons. The van der Waals surface area contributed by atoms with Gasteiger partial charge in [0.05, 0.1) is 12.6 Å². The Labute approximate surface area is 132 Å². The number of carboxylic acids is 1. The number of ether oxygens (including phenoxy) is 1. The second kappa shape index (κ2) is 6.41. The van der Waals surface area contributed by atoms with Gasteiger partial charge < -0.3 is 24.4 Å². The molecule has 0 bridgehead atoms. The van der Waals surface area contributed by atoms with E-state index in [1.54, 1.807) is 0 Å². The third kappa shape index (κ3) is 2.94. The fourth-order valence-electron chi connectivity index (χ4n) is 2.72. The Morgan fingerprint density at radius 2 is 2.09 bits per heavy atom. The van der Waals surface area contributed by atoms with Crippen LogP contribution in [0.2, 0.25) is 0 Å². The lowest BCUT2D eigenvalue weighted by atomic mass is 9.98. The minimum atomic E-state index is -1.43. The first kappa shape index (κ1) is 17.0. The van der Waals surface area contributed by atoms with Crippen molar-refractivity contribution in [1.82, 2.24) is 9.47 Å². The average molecular weight is 324 g/mol. The highest BCUT2D eigenvalue weighted by Gasteiger charge is 2.36. The second-order valence-corrected chi connectivity index (χ2v) is 5.84. The molecule has 1 aliphatic heterocycles. The Balaban J connectivity index is 2.63. The summed E-state index contributed by atoms with van der Waals surface area (Å²) in [5.74, 6) is -2.69. The highest BCUT2D eigenvalue weighted by molar-refractivity contribution is 5.97. The van der Waals surface area contributed by atoms with E-state index in [1.165, 1.54) is 16.6 Å². The molecule has 0 fully saturated rings. The summed E-state index contributed by atoms with van der Waals surface area (Å²) in [5.41, 5.74) is -1.76. The van der Waals surface area contributed by atoms with Gasteiger partial charge in [0.1, 0.15) is 5.56 Å². The minimum Gasteiger partial charge on any atom is -0.503 e. The summed E-state index contributed by atoms with van der Waals surface area (Å²) in [6.07, 6.45) is 1.15. The van der Waals surface area contributed by atoms with Gasteiger partial charge in [-0.05, 0) is 5.92 Å². The van der Waals surface area contributed by atoms with Gasteiger partial charge >= 0.3 is 5.97 Å². The van der Waals surface area contributed by atoms with Gasteiger partial charge in [0.2, 0.25) is 5.43 Å². The molecule has 1 amide bonds. The Morgan fingerprint density at radius 3 is 2.61 bits per heavy atom. The highest BCUT2D eigenvalue weighted by atomic mass is 16.5.